The van der Waals surface area contributed by atoms with E-state index in [1.807, 2.05) is 0 Å². The molecule has 1 atom stereocenters. The molecule has 0 aromatic carbocycles. The number of hydrogen-bond acceptors (Lipinski definition) is 3. The van der Waals surface area contributed by atoms with Crippen LogP contribution in [0.15, 0.2) is 0 Å². The van der Waals surface area contributed by atoms with E-state index in [4.69, 9.17) is 5.11 Å². The average Bonchev–Trinajstić information content (AvgIpc) is 3.18. The maximum atomic E-state index is 11.8. The Kier molecular flexibility index (Phi) is 5.35. The molecule has 1 rings (SSSR count). The van der Waals surface area contributed by atoms with E-state index in [0.29, 0.717) is 0 Å². The van der Waals surface area contributed by atoms with Gasteiger partial charge in [-0.1, -0.05) is 0 Å². The van der Waals surface area contributed by atoms with E-state index >= 15 is 0 Å². The van der Waals surface area contributed by atoms with E-state index in [2.05, 4.69) is 16.0 Å². The number of hydrogen-bond donors (Lipinski definition) is 4. The molecule has 20 heavy (non-hydrogen) atoms. The van der Waals surface area contributed by atoms with Crippen molar-refractivity contribution >= 4 is 17.9 Å². The van der Waals surface area contributed by atoms with Gasteiger partial charge in [-0.3, -0.25) is 9.59 Å². The Morgan fingerprint density at radius 2 is 1.90 bits per heavy atom. The van der Waals surface area contributed by atoms with Crippen molar-refractivity contribution in [3.8, 4) is 0 Å². The van der Waals surface area contributed by atoms with Crippen LogP contribution in [0.3, 0.4) is 0 Å². The van der Waals surface area contributed by atoms with Crippen LogP contribution in [0.5, 0.6) is 0 Å². The van der Waals surface area contributed by atoms with Gasteiger partial charge in [-0.15, -0.1) is 0 Å². The van der Waals surface area contributed by atoms with Crippen LogP contribution < -0.4 is 16.0 Å². The van der Waals surface area contributed by atoms with Crippen LogP contribution in [-0.2, 0) is 9.59 Å². The first-order valence-electron chi connectivity index (χ1n) is 6.74. The molecule has 7 nitrogen and oxygen atoms in total. The maximum absolute atomic E-state index is 11.8. The van der Waals surface area contributed by atoms with E-state index in [1.165, 1.54) is 0 Å². The lowest BCUT2D eigenvalue weighted by Gasteiger charge is -2.24. The molecule has 0 aliphatic heterocycles. The predicted molar refractivity (Wildman–Crippen MR) is 73.1 cm³/mol. The first kappa shape index (κ1) is 16.3. The molecule has 0 aromatic heterocycles. The van der Waals surface area contributed by atoms with Crippen molar-refractivity contribution in [1.82, 2.24) is 16.0 Å². The van der Waals surface area contributed by atoms with Gasteiger partial charge in [-0.05, 0) is 32.6 Å². The van der Waals surface area contributed by atoms with Crippen molar-refractivity contribution in [2.75, 3.05) is 13.6 Å². The van der Waals surface area contributed by atoms with Gasteiger partial charge in [0, 0.05) is 19.6 Å². The van der Waals surface area contributed by atoms with Crippen LogP contribution >= 0.6 is 0 Å². The number of carbonyl (C=O) groups is 3. The molecular weight excluding hydrogens is 262 g/mol. The average molecular weight is 285 g/mol. The van der Waals surface area contributed by atoms with Gasteiger partial charge in [0.05, 0.1) is 11.8 Å². The summed E-state index contributed by atoms with van der Waals surface area (Å²) >= 11 is 0. The molecular formula is C13H23N3O4. The monoisotopic (exact) mass is 285 g/mol. The van der Waals surface area contributed by atoms with E-state index in [1.54, 1.807) is 20.9 Å². The fraction of sp³-hybridized carbons (Fsp3) is 0.769. The van der Waals surface area contributed by atoms with E-state index in [9.17, 15) is 14.4 Å². The zero-order valence-corrected chi connectivity index (χ0v) is 12.2. The summed E-state index contributed by atoms with van der Waals surface area (Å²) in [6.45, 7) is 3.63. The highest BCUT2D eigenvalue weighted by Crippen LogP contribution is 2.33. The predicted octanol–water partition coefficient (Wildman–Crippen LogP) is 0.311. The Balaban J connectivity index is 2.42. The first-order valence-corrected chi connectivity index (χ1v) is 6.74. The molecule has 0 aromatic rings. The van der Waals surface area contributed by atoms with E-state index in [-0.39, 0.29) is 30.8 Å². The van der Waals surface area contributed by atoms with E-state index < -0.39 is 17.4 Å². The molecule has 0 radical (unpaired) electrons. The molecule has 7 heteroatoms. The van der Waals surface area contributed by atoms with Crippen molar-refractivity contribution in [1.29, 1.82) is 0 Å². The second-order valence-electron chi connectivity index (χ2n) is 5.83. The lowest BCUT2D eigenvalue weighted by Crippen LogP contribution is -2.49. The Morgan fingerprint density at radius 3 is 2.35 bits per heavy atom. The SMILES string of the molecule is CNC(=O)C(C)(C)CNC(=O)NC(CC(=O)O)C1CC1. The second kappa shape index (κ2) is 6.58. The Morgan fingerprint density at radius 1 is 1.30 bits per heavy atom. The van der Waals surface area contributed by atoms with Gasteiger partial charge in [-0.25, -0.2) is 4.79 Å². The number of amides is 3. The highest BCUT2D eigenvalue weighted by Gasteiger charge is 2.34. The quantitative estimate of drug-likeness (QED) is 0.540. The summed E-state index contributed by atoms with van der Waals surface area (Å²) in [7, 11) is 1.54. The molecule has 1 saturated carbocycles. The van der Waals surface area contributed by atoms with Crippen molar-refractivity contribution in [2.24, 2.45) is 11.3 Å². The van der Waals surface area contributed by atoms with Crippen molar-refractivity contribution in [2.45, 2.75) is 39.2 Å². The van der Waals surface area contributed by atoms with Gasteiger partial charge in [-0.2, -0.15) is 0 Å². The normalized spacial score (nSPS) is 16.1. The Labute approximate surface area is 118 Å². The van der Waals surface area contributed by atoms with Gasteiger partial charge >= 0.3 is 12.0 Å². The largest absolute Gasteiger partial charge is 0.481 e. The lowest BCUT2D eigenvalue weighted by molar-refractivity contribution is -0.137. The summed E-state index contributed by atoms with van der Waals surface area (Å²) < 4.78 is 0. The zero-order chi connectivity index (χ0) is 15.3. The molecule has 0 spiro atoms. The molecule has 4 N–H and O–H groups in total. The minimum atomic E-state index is -0.923. The van der Waals surface area contributed by atoms with Gasteiger partial charge < -0.3 is 21.1 Å². The third kappa shape index (κ3) is 5.07. The summed E-state index contributed by atoms with van der Waals surface area (Å²) in [5.74, 6) is -0.834. The fourth-order valence-corrected chi connectivity index (χ4v) is 1.96. The number of carbonyl (C=O) groups excluding carboxylic acids is 2. The minimum Gasteiger partial charge on any atom is -0.481 e. The Hall–Kier alpha value is -1.79. The standard InChI is InChI=1S/C13H23N3O4/c1-13(2,11(19)14-3)7-15-12(20)16-9(6-10(17)18)8-4-5-8/h8-9H,4-7H2,1-3H3,(H,14,19)(H,17,18)(H2,15,16,20). The second-order valence-corrected chi connectivity index (χ2v) is 5.83. The van der Waals surface area contributed by atoms with Crippen LogP contribution in [0.1, 0.15) is 33.1 Å². The van der Waals surface area contributed by atoms with Gasteiger partial charge in [0.1, 0.15) is 0 Å². The van der Waals surface area contributed by atoms with Crippen molar-refractivity contribution < 1.29 is 19.5 Å². The smallest absolute Gasteiger partial charge is 0.315 e. The van der Waals surface area contributed by atoms with Gasteiger partial charge in [0.2, 0.25) is 5.91 Å². The topological polar surface area (TPSA) is 108 Å². The summed E-state index contributed by atoms with van der Waals surface area (Å²) in [6.07, 6.45) is 1.82. The minimum absolute atomic E-state index is 0.0725. The van der Waals surface area contributed by atoms with E-state index in [0.717, 1.165) is 12.8 Å². The molecule has 1 unspecified atom stereocenters. The molecule has 1 fully saturated rings. The highest BCUT2D eigenvalue weighted by molar-refractivity contribution is 5.83. The third-order valence-electron chi connectivity index (χ3n) is 3.43. The lowest BCUT2D eigenvalue weighted by atomic mass is 9.92. The number of nitrogens with one attached hydrogen (secondary N) is 3. The van der Waals surface area contributed by atoms with Gasteiger partial charge in [0.25, 0.3) is 0 Å². The number of carboxylic acid groups (broad SMARTS) is 1. The molecule has 3 amide bonds. The number of carboxylic acids is 1. The Bertz CT molecular complexity index is 391. The number of rotatable bonds is 7. The van der Waals surface area contributed by atoms with Crippen LogP contribution in [-0.4, -0.2) is 42.6 Å². The molecule has 0 bridgehead atoms. The summed E-state index contributed by atoms with van der Waals surface area (Å²) in [4.78, 5) is 34.1. The maximum Gasteiger partial charge on any atom is 0.315 e. The van der Waals surface area contributed by atoms with Crippen molar-refractivity contribution in [3.05, 3.63) is 0 Å². The molecule has 0 heterocycles. The zero-order valence-electron chi connectivity index (χ0n) is 12.2. The summed E-state index contributed by atoms with van der Waals surface area (Å²) in [6, 6.07) is -0.768. The number of aliphatic carboxylic acids is 1. The summed E-state index contributed by atoms with van der Waals surface area (Å²) in [5, 5.41) is 16.6. The molecule has 1 aliphatic carbocycles. The highest BCUT2D eigenvalue weighted by atomic mass is 16.4. The van der Waals surface area contributed by atoms with Crippen LogP contribution in [0.2, 0.25) is 0 Å². The van der Waals surface area contributed by atoms with Crippen molar-refractivity contribution in [3.63, 3.8) is 0 Å². The fourth-order valence-electron chi connectivity index (χ4n) is 1.96. The van der Waals surface area contributed by atoms with Gasteiger partial charge in [0.15, 0.2) is 0 Å². The molecule has 1 aliphatic rings. The third-order valence-corrected chi connectivity index (χ3v) is 3.43. The van der Waals surface area contributed by atoms with Crippen LogP contribution in [0, 0.1) is 11.3 Å². The van der Waals surface area contributed by atoms with Crippen LogP contribution in [0.4, 0.5) is 4.79 Å². The summed E-state index contributed by atoms with van der Waals surface area (Å²) in [5.41, 5.74) is -0.714. The number of urea groups is 1. The molecule has 114 valence electrons. The molecule has 0 saturated heterocycles. The van der Waals surface area contributed by atoms with Crippen LogP contribution in [0.25, 0.3) is 0 Å². The first-order chi connectivity index (χ1) is 9.26.